The van der Waals surface area contributed by atoms with Crippen molar-refractivity contribution in [3.05, 3.63) is 22.8 Å². The van der Waals surface area contributed by atoms with E-state index in [4.69, 9.17) is 0 Å². The molecule has 1 fully saturated rings. The highest BCUT2D eigenvalue weighted by Crippen LogP contribution is 2.16. The summed E-state index contributed by atoms with van der Waals surface area (Å²) in [6, 6.07) is 6.06. The van der Waals surface area contributed by atoms with Gasteiger partial charge in [-0.3, -0.25) is 4.79 Å². The monoisotopic (exact) mass is 283 g/mol. The summed E-state index contributed by atoms with van der Waals surface area (Å²) in [6.07, 6.45) is 1.49. The summed E-state index contributed by atoms with van der Waals surface area (Å²) in [5.74, 6) is 1.07. The fourth-order valence-electron chi connectivity index (χ4n) is 1.83. The van der Waals surface area contributed by atoms with Crippen LogP contribution >= 0.6 is 15.9 Å². The molecule has 1 aliphatic rings. The lowest BCUT2D eigenvalue weighted by molar-refractivity contribution is -0.132. The molecule has 1 unspecified atom stereocenters. The molecular formula is C11H14BrN3O. The smallest absolute Gasteiger partial charge is 0.222 e. The first kappa shape index (κ1) is 11.4. The van der Waals surface area contributed by atoms with E-state index in [1.165, 1.54) is 0 Å². The van der Waals surface area contributed by atoms with Crippen molar-refractivity contribution in [3.63, 3.8) is 0 Å². The quantitative estimate of drug-likeness (QED) is 0.843. The summed E-state index contributed by atoms with van der Waals surface area (Å²) in [5, 5.41) is 3.34. The van der Waals surface area contributed by atoms with Crippen molar-refractivity contribution >= 4 is 27.7 Å². The number of nitrogens with one attached hydrogen (secondary N) is 1. The van der Waals surface area contributed by atoms with E-state index < -0.39 is 0 Å². The molecule has 1 aromatic heterocycles. The molecule has 86 valence electrons. The van der Waals surface area contributed by atoms with Crippen molar-refractivity contribution in [1.82, 2.24) is 9.88 Å². The fraction of sp³-hybridized carbons (Fsp3) is 0.455. The number of amides is 1. The van der Waals surface area contributed by atoms with Gasteiger partial charge in [-0.15, -0.1) is 0 Å². The van der Waals surface area contributed by atoms with Crippen LogP contribution < -0.4 is 5.32 Å². The molecule has 0 bridgehead atoms. The lowest BCUT2D eigenvalue weighted by atomic mass is 10.1. The maximum Gasteiger partial charge on any atom is 0.222 e. The lowest BCUT2D eigenvalue weighted by Gasteiger charge is -2.30. The Morgan fingerprint density at radius 2 is 2.38 bits per heavy atom. The first-order valence-electron chi connectivity index (χ1n) is 5.28. The number of carbonyl (C=O) groups is 1. The summed E-state index contributed by atoms with van der Waals surface area (Å²) in [5.41, 5.74) is 0. The molecule has 1 saturated heterocycles. The van der Waals surface area contributed by atoms with Gasteiger partial charge < -0.3 is 10.2 Å². The third-order valence-corrected chi connectivity index (χ3v) is 3.14. The van der Waals surface area contributed by atoms with Crippen LogP contribution in [-0.4, -0.2) is 35.4 Å². The van der Waals surface area contributed by atoms with Crippen molar-refractivity contribution in [2.24, 2.45) is 0 Å². The van der Waals surface area contributed by atoms with E-state index in [0.717, 1.165) is 23.4 Å². The lowest BCUT2D eigenvalue weighted by Crippen LogP contribution is -2.43. The molecule has 1 atom stereocenters. The number of hydrogen-bond donors (Lipinski definition) is 1. The van der Waals surface area contributed by atoms with Crippen LogP contribution in [0, 0.1) is 0 Å². The Morgan fingerprint density at radius 3 is 3.06 bits per heavy atom. The van der Waals surface area contributed by atoms with E-state index in [1.54, 1.807) is 4.90 Å². The van der Waals surface area contributed by atoms with Crippen molar-refractivity contribution in [2.75, 3.05) is 18.9 Å². The third kappa shape index (κ3) is 2.72. The predicted molar refractivity (Wildman–Crippen MR) is 66.2 cm³/mol. The van der Waals surface area contributed by atoms with Gasteiger partial charge in [-0.2, -0.15) is 0 Å². The highest BCUT2D eigenvalue weighted by Gasteiger charge is 2.22. The minimum atomic E-state index is 0.222. The largest absolute Gasteiger partial charge is 0.366 e. The van der Waals surface area contributed by atoms with Gasteiger partial charge in [0, 0.05) is 26.1 Å². The average molecular weight is 284 g/mol. The zero-order valence-corrected chi connectivity index (χ0v) is 10.7. The molecule has 0 spiro atoms. The Labute approximate surface area is 103 Å². The highest BCUT2D eigenvalue weighted by atomic mass is 79.9. The average Bonchev–Trinajstić information content (AvgIpc) is 2.24. The number of hydrogen-bond acceptors (Lipinski definition) is 3. The molecule has 1 aliphatic heterocycles. The summed E-state index contributed by atoms with van der Waals surface area (Å²) in [6.45, 7) is 0.743. The molecule has 0 aliphatic carbocycles. The van der Waals surface area contributed by atoms with E-state index >= 15 is 0 Å². The van der Waals surface area contributed by atoms with Gasteiger partial charge in [0.1, 0.15) is 10.4 Å². The van der Waals surface area contributed by atoms with Crippen LogP contribution in [0.1, 0.15) is 12.8 Å². The number of pyridine rings is 1. The second-order valence-electron chi connectivity index (χ2n) is 4.00. The van der Waals surface area contributed by atoms with Gasteiger partial charge in [0.25, 0.3) is 0 Å². The standard InChI is InChI=1S/C11H14BrN3O/c1-15-7-8(5-6-11(15)16)13-10-4-2-3-9(12)14-10/h2-4,8H,5-7H2,1H3,(H,13,14). The van der Waals surface area contributed by atoms with Crippen LogP contribution in [0.15, 0.2) is 22.8 Å². The van der Waals surface area contributed by atoms with E-state index in [2.05, 4.69) is 26.2 Å². The SMILES string of the molecule is CN1CC(Nc2cccc(Br)n2)CCC1=O. The van der Waals surface area contributed by atoms with Crippen LogP contribution in [0.3, 0.4) is 0 Å². The molecule has 1 N–H and O–H groups in total. The molecule has 1 aromatic rings. The van der Waals surface area contributed by atoms with Crippen LogP contribution in [0.4, 0.5) is 5.82 Å². The Kier molecular flexibility index (Phi) is 3.43. The molecule has 4 nitrogen and oxygen atoms in total. The molecule has 5 heteroatoms. The van der Waals surface area contributed by atoms with Gasteiger partial charge in [0.15, 0.2) is 0 Å². The van der Waals surface area contributed by atoms with Gasteiger partial charge in [-0.25, -0.2) is 4.98 Å². The number of likely N-dealkylation sites (N-methyl/N-ethyl adjacent to an activating group) is 1. The molecule has 0 saturated carbocycles. The van der Waals surface area contributed by atoms with E-state index in [0.29, 0.717) is 12.5 Å². The van der Waals surface area contributed by atoms with Crippen LogP contribution in [0.5, 0.6) is 0 Å². The van der Waals surface area contributed by atoms with Crippen molar-refractivity contribution in [2.45, 2.75) is 18.9 Å². The Bertz CT molecular complexity index is 397. The second kappa shape index (κ2) is 4.82. The molecule has 2 heterocycles. The Balaban J connectivity index is 1.98. The minimum Gasteiger partial charge on any atom is -0.366 e. The van der Waals surface area contributed by atoms with Gasteiger partial charge in [-0.1, -0.05) is 6.07 Å². The molecule has 16 heavy (non-hydrogen) atoms. The van der Waals surface area contributed by atoms with Crippen molar-refractivity contribution < 1.29 is 4.79 Å². The number of likely N-dealkylation sites (tertiary alicyclic amines) is 1. The normalized spacial score (nSPS) is 21.0. The Morgan fingerprint density at radius 1 is 1.56 bits per heavy atom. The van der Waals surface area contributed by atoms with Crippen LogP contribution in [0.25, 0.3) is 0 Å². The number of nitrogens with zero attached hydrogens (tertiary/aromatic N) is 2. The first-order valence-corrected chi connectivity index (χ1v) is 6.07. The predicted octanol–water partition coefficient (Wildman–Crippen LogP) is 1.88. The van der Waals surface area contributed by atoms with E-state index in [-0.39, 0.29) is 5.91 Å². The van der Waals surface area contributed by atoms with Gasteiger partial charge in [0.05, 0.1) is 0 Å². The maximum atomic E-state index is 11.3. The Hall–Kier alpha value is -1.10. The van der Waals surface area contributed by atoms with E-state index in [9.17, 15) is 4.79 Å². The third-order valence-electron chi connectivity index (χ3n) is 2.69. The topological polar surface area (TPSA) is 45.2 Å². The summed E-state index contributed by atoms with van der Waals surface area (Å²) in [4.78, 5) is 17.4. The first-order chi connectivity index (χ1) is 7.65. The van der Waals surface area contributed by atoms with Crippen LogP contribution in [0.2, 0.25) is 0 Å². The van der Waals surface area contributed by atoms with E-state index in [1.807, 2.05) is 25.2 Å². The minimum absolute atomic E-state index is 0.222. The number of carbonyl (C=O) groups excluding carboxylic acids is 1. The number of piperidine rings is 1. The number of halogens is 1. The molecule has 2 rings (SSSR count). The maximum absolute atomic E-state index is 11.3. The summed E-state index contributed by atoms with van der Waals surface area (Å²) < 4.78 is 0.817. The van der Waals surface area contributed by atoms with Gasteiger partial charge in [0.2, 0.25) is 5.91 Å². The highest BCUT2D eigenvalue weighted by molar-refractivity contribution is 9.10. The fourth-order valence-corrected chi connectivity index (χ4v) is 2.17. The number of rotatable bonds is 2. The zero-order chi connectivity index (χ0) is 11.5. The number of anilines is 1. The summed E-state index contributed by atoms with van der Waals surface area (Å²) >= 11 is 3.33. The molecule has 0 radical (unpaired) electrons. The van der Waals surface area contributed by atoms with Gasteiger partial charge >= 0.3 is 0 Å². The van der Waals surface area contributed by atoms with Crippen molar-refractivity contribution in [3.8, 4) is 0 Å². The van der Waals surface area contributed by atoms with Gasteiger partial charge in [-0.05, 0) is 34.5 Å². The summed E-state index contributed by atoms with van der Waals surface area (Å²) in [7, 11) is 1.84. The zero-order valence-electron chi connectivity index (χ0n) is 9.11. The van der Waals surface area contributed by atoms with Crippen molar-refractivity contribution in [1.29, 1.82) is 0 Å². The van der Waals surface area contributed by atoms with Crippen LogP contribution in [-0.2, 0) is 4.79 Å². The molecule has 0 aromatic carbocycles. The molecule has 1 amide bonds. The molecular weight excluding hydrogens is 270 g/mol. The second-order valence-corrected chi connectivity index (χ2v) is 4.81. The number of aromatic nitrogens is 1.